The molecule has 5 nitrogen and oxygen atoms in total. The average Bonchev–Trinajstić information content (AvgIpc) is 2.79. The van der Waals surface area contributed by atoms with E-state index >= 15 is 0 Å². The van der Waals surface area contributed by atoms with Crippen molar-refractivity contribution in [2.24, 2.45) is 5.84 Å². The van der Waals surface area contributed by atoms with Crippen LogP contribution in [0.4, 0.5) is 0 Å². The molecule has 2 rings (SSSR count). The highest BCUT2D eigenvalue weighted by Crippen LogP contribution is 2.28. The molecule has 6 heteroatoms. The van der Waals surface area contributed by atoms with Gasteiger partial charge in [0.2, 0.25) is 0 Å². The van der Waals surface area contributed by atoms with Crippen LogP contribution in [0.1, 0.15) is 22.9 Å². The van der Waals surface area contributed by atoms with Crippen LogP contribution in [-0.2, 0) is 6.54 Å². The molecular weight excluding hydrogens is 286 g/mol. The van der Waals surface area contributed by atoms with Gasteiger partial charge in [-0.25, -0.2) is 5.43 Å². The fraction of sp³-hybridized carbons (Fsp3) is 0.400. The number of rotatable bonds is 6. The summed E-state index contributed by atoms with van der Waals surface area (Å²) in [5.74, 6) is 5.78. The quantitative estimate of drug-likeness (QED) is 0.633. The molecule has 0 aliphatic heterocycles. The molecule has 0 radical (unpaired) electrons. The smallest absolute Gasteiger partial charge is 0.0893 e. The van der Waals surface area contributed by atoms with Crippen molar-refractivity contribution in [3.63, 3.8) is 0 Å². The minimum atomic E-state index is -0.179. The topological polar surface area (TPSA) is 59.1 Å². The number of benzene rings is 1. The summed E-state index contributed by atoms with van der Waals surface area (Å²) in [6, 6.07) is 8.04. The molecule has 21 heavy (non-hydrogen) atoms. The zero-order valence-corrected chi connectivity index (χ0v) is 13.4. The number of aromatic nitrogens is 2. The third kappa shape index (κ3) is 3.83. The Bertz CT molecular complexity index is 593. The fourth-order valence-electron chi connectivity index (χ4n) is 2.31. The van der Waals surface area contributed by atoms with E-state index in [1.807, 2.05) is 30.9 Å². The molecule has 114 valence electrons. The minimum absolute atomic E-state index is 0.179. The van der Waals surface area contributed by atoms with Crippen LogP contribution in [0.25, 0.3) is 0 Å². The summed E-state index contributed by atoms with van der Waals surface area (Å²) < 4.78 is 1.91. The molecule has 0 aliphatic carbocycles. The van der Waals surface area contributed by atoms with Gasteiger partial charge in [-0.2, -0.15) is 5.10 Å². The first kappa shape index (κ1) is 16.0. The molecule has 1 atom stereocenters. The van der Waals surface area contributed by atoms with E-state index in [2.05, 4.69) is 34.5 Å². The highest BCUT2D eigenvalue weighted by atomic mass is 35.5. The van der Waals surface area contributed by atoms with Gasteiger partial charge in [-0.1, -0.05) is 41.4 Å². The molecule has 1 aromatic heterocycles. The van der Waals surface area contributed by atoms with Crippen molar-refractivity contribution in [3.8, 4) is 0 Å². The first-order valence-electron chi connectivity index (χ1n) is 6.91. The molecule has 0 saturated heterocycles. The summed E-state index contributed by atoms with van der Waals surface area (Å²) in [5, 5.41) is 4.99. The van der Waals surface area contributed by atoms with Crippen molar-refractivity contribution < 1.29 is 0 Å². The summed E-state index contributed by atoms with van der Waals surface area (Å²) >= 11 is 6.33. The number of aryl methyl sites for hydroxylation is 1. The number of likely N-dealkylation sites (N-methyl/N-ethyl adjacent to an activating group) is 1. The molecule has 0 fully saturated rings. The average molecular weight is 308 g/mol. The Balaban J connectivity index is 2.35. The largest absolute Gasteiger partial charge is 0.308 e. The lowest BCUT2D eigenvalue weighted by molar-refractivity contribution is 0.365. The Morgan fingerprint density at radius 1 is 1.43 bits per heavy atom. The molecule has 1 aromatic carbocycles. The van der Waals surface area contributed by atoms with Crippen LogP contribution >= 0.6 is 11.6 Å². The van der Waals surface area contributed by atoms with Gasteiger partial charge in [-0.3, -0.25) is 10.5 Å². The van der Waals surface area contributed by atoms with Crippen LogP contribution in [0.3, 0.4) is 0 Å². The third-order valence-electron chi connectivity index (χ3n) is 3.41. The highest BCUT2D eigenvalue weighted by molar-refractivity contribution is 6.31. The third-order valence-corrected chi connectivity index (χ3v) is 3.70. The monoisotopic (exact) mass is 307 g/mol. The van der Waals surface area contributed by atoms with Crippen LogP contribution in [0, 0.1) is 6.92 Å². The lowest BCUT2D eigenvalue weighted by Crippen LogP contribution is -2.32. The highest BCUT2D eigenvalue weighted by Gasteiger charge is 2.21. The van der Waals surface area contributed by atoms with Crippen molar-refractivity contribution in [1.82, 2.24) is 20.1 Å². The van der Waals surface area contributed by atoms with E-state index in [4.69, 9.17) is 17.4 Å². The summed E-state index contributed by atoms with van der Waals surface area (Å²) in [6.07, 6.45) is 1.67. The van der Waals surface area contributed by atoms with Crippen molar-refractivity contribution in [1.29, 1.82) is 0 Å². The van der Waals surface area contributed by atoms with Gasteiger partial charge in [-0.05, 0) is 26.6 Å². The SMILES string of the molecule is Cc1cccc(C(NN)c2c(Cl)cnn2CCN(C)C)c1. The summed E-state index contributed by atoms with van der Waals surface area (Å²) in [6.45, 7) is 3.71. The summed E-state index contributed by atoms with van der Waals surface area (Å²) in [5.41, 5.74) is 6.01. The first-order valence-corrected chi connectivity index (χ1v) is 7.29. The van der Waals surface area contributed by atoms with E-state index in [-0.39, 0.29) is 6.04 Å². The zero-order chi connectivity index (χ0) is 15.4. The van der Waals surface area contributed by atoms with Crippen molar-refractivity contribution in [2.45, 2.75) is 19.5 Å². The second-order valence-corrected chi connectivity index (χ2v) is 5.83. The Morgan fingerprint density at radius 2 is 2.19 bits per heavy atom. The van der Waals surface area contributed by atoms with E-state index in [1.165, 1.54) is 5.56 Å². The van der Waals surface area contributed by atoms with E-state index in [1.54, 1.807) is 6.20 Å². The van der Waals surface area contributed by atoms with Gasteiger partial charge < -0.3 is 4.90 Å². The molecule has 1 unspecified atom stereocenters. The molecule has 0 bridgehead atoms. The van der Waals surface area contributed by atoms with E-state index in [0.717, 1.165) is 24.3 Å². The normalized spacial score (nSPS) is 12.9. The van der Waals surface area contributed by atoms with E-state index < -0.39 is 0 Å². The molecule has 0 amide bonds. The summed E-state index contributed by atoms with van der Waals surface area (Å²) in [7, 11) is 4.06. The number of hydrazine groups is 1. The Hall–Kier alpha value is -1.40. The predicted molar refractivity (Wildman–Crippen MR) is 86.1 cm³/mol. The molecule has 2 aromatic rings. The van der Waals surface area contributed by atoms with Crippen molar-refractivity contribution in [2.75, 3.05) is 20.6 Å². The lowest BCUT2D eigenvalue weighted by atomic mass is 10.0. The van der Waals surface area contributed by atoms with E-state index in [9.17, 15) is 0 Å². The number of hydrogen-bond acceptors (Lipinski definition) is 4. The van der Waals surface area contributed by atoms with Gasteiger partial charge in [0.15, 0.2) is 0 Å². The van der Waals surface area contributed by atoms with Gasteiger partial charge in [0, 0.05) is 6.54 Å². The van der Waals surface area contributed by atoms with Crippen molar-refractivity contribution in [3.05, 3.63) is 52.3 Å². The van der Waals surface area contributed by atoms with Gasteiger partial charge in [0.05, 0.1) is 29.5 Å². The second kappa shape index (κ2) is 7.04. The number of nitrogens with zero attached hydrogens (tertiary/aromatic N) is 3. The number of halogens is 1. The van der Waals surface area contributed by atoms with Gasteiger partial charge in [0.1, 0.15) is 0 Å². The number of nitrogens with two attached hydrogens (primary N) is 1. The fourth-order valence-corrected chi connectivity index (χ4v) is 2.56. The Kier molecular flexibility index (Phi) is 5.36. The first-order chi connectivity index (χ1) is 10.0. The second-order valence-electron chi connectivity index (χ2n) is 5.42. The molecule has 1 heterocycles. The Labute approximate surface area is 130 Å². The van der Waals surface area contributed by atoms with Crippen LogP contribution in [-0.4, -0.2) is 35.3 Å². The van der Waals surface area contributed by atoms with E-state index in [0.29, 0.717) is 5.02 Å². The zero-order valence-electron chi connectivity index (χ0n) is 12.7. The van der Waals surface area contributed by atoms with Gasteiger partial charge in [0.25, 0.3) is 0 Å². The van der Waals surface area contributed by atoms with Crippen LogP contribution < -0.4 is 11.3 Å². The minimum Gasteiger partial charge on any atom is -0.308 e. The van der Waals surface area contributed by atoms with Gasteiger partial charge in [-0.15, -0.1) is 0 Å². The van der Waals surface area contributed by atoms with Gasteiger partial charge >= 0.3 is 0 Å². The van der Waals surface area contributed by atoms with Crippen LogP contribution in [0.5, 0.6) is 0 Å². The molecule has 0 aliphatic rings. The molecule has 0 spiro atoms. The maximum absolute atomic E-state index is 6.33. The van der Waals surface area contributed by atoms with Crippen LogP contribution in [0.2, 0.25) is 5.02 Å². The lowest BCUT2D eigenvalue weighted by Gasteiger charge is -2.20. The molecular formula is C15H22ClN5. The summed E-state index contributed by atoms with van der Waals surface area (Å²) in [4.78, 5) is 2.11. The number of nitrogens with one attached hydrogen (secondary N) is 1. The predicted octanol–water partition coefficient (Wildman–Crippen LogP) is 1.96. The standard InChI is InChI=1S/C15H22ClN5/c1-11-5-4-6-12(9-11)14(19-17)15-13(16)10-18-21(15)8-7-20(2)3/h4-6,9-10,14,19H,7-8,17H2,1-3H3. The maximum Gasteiger partial charge on any atom is 0.0893 e. The van der Waals surface area contributed by atoms with Crippen LogP contribution in [0.15, 0.2) is 30.5 Å². The number of hydrogen-bond donors (Lipinski definition) is 2. The van der Waals surface area contributed by atoms with Crippen molar-refractivity contribution >= 4 is 11.6 Å². The molecule has 0 saturated carbocycles. The molecule has 3 N–H and O–H groups in total. The maximum atomic E-state index is 6.33. The Morgan fingerprint density at radius 3 is 2.81 bits per heavy atom.